The number of benzene rings is 2. The molecule has 0 bridgehead atoms. The molecule has 4 rings (SSSR count). The third kappa shape index (κ3) is 4.05. The normalized spacial score (nSPS) is 11.1. The number of hydrogen-bond donors (Lipinski definition) is 2. The van der Waals surface area contributed by atoms with Gasteiger partial charge in [0.25, 0.3) is 0 Å². The van der Waals surface area contributed by atoms with Crippen LogP contribution < -0.4 is 15.5 Å². The molecule has 7 heteroatoms. The second-order valence-electron chi connectivity index (χ2n) is 7.70. The van der Waals surface area contributed by atoms with Crippen molar-refractivity contribution < 1.29 is 0 Å². The molecule has 154 valence electrons. The number of hydrogen-bond acceptors (Lipinski definition) is 6. The van der Waals surface area contributed by atoms with E-state index >= 15 is 0 Å². The maximum absolute atomic E-state index is 4.87. The second-order valence-corrected chi connectivity index (χ2v) is 7.70. The molecule has 2 aromatic heterocycles. The van der Waals surface area contributed by atoms with Crippen molar-refractivity contribution in [3.8, 4) is 0 Å². The summed E-state index contributed by atoms with van der Waals surface area (Å²) in [7, 11) is 4.06. The quantitative estimate of drug-likeness (QED) is 0.462. The van der Waals surface area contributed by atoms with Crippen LogP contribution in [0.25, 0.3) is 11.2 Å². The van der Waals surface area contributed by atoms with E-state index < -0.39 is 0 Å². The molecular weight excluding hydrogens is 374 g/mol. The molecule has 0 unspecified atom stereocenters. The topological polar surface area (TPSA) is 70.9 Å². The predicted octanol–water partition coefficient (Wildman–Crippen LogP) is 4.83. The Hall–Kier alpha value is -3.61. The van der Waals surface area contributed by atoms with E-state index in [0.29, 0.717) is 6.54 Å². The van der Waals surface area contributed by atoms with Gasteiger partial charge in [-0.15, -0.1) is 0 Å². The van der Waals surface area contributed by atoms with Crippen molar-refractivity contribution in [1.29, 1.82) is 0 Å². The van der Waals surface area contributed by atoms with Gasteiger partial charge in [0.2, 0.25) is 5.95 Å². The molecule has 0 spiro atoms. The summed E-state index contributed by atoms with van der Waals surface area (Å²) in [5.41, 5.74) is 4.85. The highest BCUT2D eigenvalue weighted by Crippen LogP contribution is 2.29. The smallest absolute Gasteiger partial charge is 0.210 e. The highest BCUT2D eigenvalue weighted by atomic mass is 15.3. The first-order chi connectivity index (χ1) is 14.5. The number of nitrogens with zero attached hydrogens (tertiary/aromatic N) is 5. The third-order valence-corrected chi connectivity index (χ3v) is 4.91. The summed E-state index contributed by atoms with van der Waals surface area (Å²) in [4.78, 5) is 15.9. The Labute approximate surface area is 176 Å². The van der Waals surface area contributed by atoms with Crippen LogP contribution >= 0.6 is 0 Å². The van der Waals surface area contributed by atoms with Crippen molar-refractivity contribution in [2.75, 3.05) is 29.6 Å². The molecule has 0 aliphatic heterocycles. The lowest BCUT2D eigenvalue weighted by molar-refractivity contribution is 0.620. The van der Waals surface area contributed by atoms with Crippen molar-refractivity contribution in [2.24, 2.45) is 0 Å². The maximum Gasteiger partial charge on any atom is 0.210 e. The monoisotopic (exact) mass is 401 g/mol. The van der Waals surface area contributed by atoms with Crippen LogP contribution in [0.15, 0.2) is 60.9 Å². The van der Waals surface area contributed by atoms with Crippen molar-refractivity contribution in [3.63, 3.8) is 0 Å². The Morgan fingerprint density at radius 2 is 1.80 bits per heavy atom. The Morgan fingerprint density at radius 3 is 2.53 bits per heavy atom. The molecular formula is C23H27N7. The molecule has 0 aliphatic rings. The van der Waals surface area contributed by atoms with E-state index in [2.05, 4.69) is 68.2 Å². The van der Waals surface area contributed by atoms with Gasteiger partial charge in [0, 0.05) is 38.1 Å². The van der Waals surface area contributed by atoms with Crippen LogP contribution in [0.3, 0.4) is 0 Å². The number of imidazole rings is 1. The number of nitrogens with one attached hydrogen (secondary N) is 2. The van der Waals surface area contributed by atoms with E-state index in [9.17, 15) is 0 Å². The average Bonchev–Trinajstić information content (AvgIpc) is 3.11. The molecule has 0 saturated carbocycles. The van der Waals surface area contributed by atoms with Gasteiger partial charge in [0.1, 0.15) is 6.33 Å². The van der Waals surface area contributed by atoms with Gasteiger partial charge in [-0.3, -0.25) is 4.57 Å². The van der Waals surface area contributed by atoms with Gasteiger partial charge in [0.15, 0.2) is 17.0 Å². The molecule has 0 atom stereocenters. The van der Waals surface area contributed by atoms with E-state index in [1.807, 2.05) is 44.4 Å². The van der Waals surface area contributed by atoms with E-state index in [-0.39, 0.29) is 6.04 Å². The minimum absolute atomic E-state index is 0.186. The van der Waals surface area contributed by atoms with Gasteiger partial charge in [-0.25, -0.2) is 15.0 Å². The Bertz CT molecular complexity index is 1130. The van der Waals surface area contributed by atoms with Crippen LogP contribution in [0.5, 0.6) is 0 Å². The first-order valence-electron chi connectivity index (χ1n) is 10.1. The van der Waals surface area contributed by atoms with Crippen LogP contribution in [0.4, 0.5) is 23.1 Å². The van der Waals surface area contributed by atoms with Crippen LogP contribution in [-0.2, 0) is 6.54 Å². The molecule has 0 aliphatic carbocycles. The molecule has 2 aromatic carbocycles. The zero-order valence-electron chi connectivity index (χ0n) is 17.8. The van der Waals surface area contributed by atoms with Crippen molar-refractivity contribution in [2.45, 2.75) is 26.4 Å². The lowest BCUT2D eigenvalue weighted by Gasteiger charge is -2.16. The third-order valence-electron chi connectivity index (χ3n) is 4.91. The van der Waals surface area contributed by atoms with Gasteiger partial charge in [-0.2, -0.15) is 0 Å². The van der Waals surface area contributed by atoms with Gasteiger partial charge in [-0.1, -0.05) is 36.4 Å². The molecule has 2 N–H and O–H groups in total. The minimum atomic E-state index is 0.186. The summed E-state index contributed by atoms with van der Waals surface area (Å²) in [6, 6.07) is 18.7. The molecule has 0 amide bonds. The molecule has 4 aromatic rings. The first-order valence-corrected chi connectivity index (χ1v) is 10.1. The van der Waals surface area contributed by atoms with Crippen LogP contribution in [-0.4, -0.2) is 33.6 Å². The summed E-state index contributed by atoms with van der Waals surface area (Å²) < 4.78 is 2.10. The standard InChI is InChI=1S/C23H27N7/c1-16(2)30-22-20(21(25-15-26-22)24-14-17-9-6-5-7-10-17)28-23(30)27-18-11-8-12-19(13-18)29(3)4/h5-13,15-16H,14H2,1-4H3,(H,27,28)(H,24,25,26). The largest absolute Gasteiger partial charge is 0.378 e. The maximum atomic E-state index is 4.87. The number of rotatable bonds is 7. The number of fused-ring (bicyclic) bond motifs is 1. The van der Waals surface area contributed by atoms with E-state index in [4.69, 9.17) is 4.98 Å². The molecule has 0 saturated heterocycles. The highest BCUT2D eigenvalue weighted by molar-refractivity contribution is 5.86. The van der Waals surface area contributed by atoms with Gasteiger partial charge in [0.05, 0.1) is 0 Å². The Balaban J connectivity index is 1.69. The number of aromatic nitrogens is 4. The van der Waals surface area contributed by atoms with E-state index in [0.717, 1.165) is 34.3 Å². The predicted molar refractivity (Wildman–Crippen MR) is 124 cm³/mol. The fourth-order valence-electron chi connectivity index (χ4n) is 3.39. The second kappa shape index (κ2) is 8.41. The van der Waals surface area contributed by atoms with Crippen molar-refractivity contribution >= 4 is 34.3 Å². The Kier molecular flexibility index (Phi) is 5.52. The van der Waals surface area contributed by atoms with E-state index in [1.54, 1.807) is 6.33 Å². The molecule has 2 heterocycles. The molecule has 0 radical (unpaired) electrons. The minimum Gasteiger partial charge on any atom is -0.378 e. The molecule has 7 nitrogen and oxygen atoms in total. The molecule has 30 heavy (non-hydrogen) atoms. The number of anilines is 4. The van der Waals surface area contributed by atoms with Crippen LogP contribution in [0.2, 0.25) is 0 Å². The zero-order chi connectivity index (χ0) is 21.1. The van der Waals surface area contributed by atoms with Gasteiger partial charge in [-0.05, 0) is 37.6 Å². The zero-order valence-corrected chi connectivity index (χ0v) is 17.8. The van der Waals surface area contributed by atoms with Crippen LogP contribution in [0, 0.1) is 0 Å². The highest BCUT2D eigenvalue weighted by Gasteiger charge is 2.18. The van der Waals surface area contributed by atoms with E-state index in [1.165, 1.54) is 5.56 Å². The fraction of sp³-hybridized carbons (Fsp3) is 0.261. The van der Waals surface area contributed by atoms with Crippen molar-refractivity contribution in [1.82, 2.24) is 19.5 Å². The summed E-state index contributed by atoms with van der Waals surface area (Å²) >= 11 is 0. The fourth-order valence-corrected chi connectivity index (χ4v) is 3.39. The lowest BCUT2D eigenvalue weighted by Crippen LogP contribution is -2.09. The van der Waals surface area contributed by atoms with Gasteiger partial charge < -0.3 is 15.5 Å². The van der Waals surface area contributed by atoms with Crippen LogP contribution in [0.1, 0.15) is 25.5 Å². The average molecular weight is 402 g/mol. The SMILES string of the molecule is CC(C)n1c(Nc2cccc(N(C)C)c2)nc2c(NCc3ccccc3)ncnc21. The molecule has 0 fully saturated rings. The summed E-state index contributed by atoms with van der Waals surface area (Å²) in [6.07, 6.45) is 1.59. The van der Waals surface area contributed by atoms with Gasteiger partial charge >= 0.3 is 0 Å². The lowest BCUT2D eigenvalue weighted by atomic mass is 10.2. The van der Waals surface area contributed by atoms with Crippen molar-refractivity contribution in [3.05, 3.63) is 66.5 Å². The summed E-state index contributed by atoms with van der Waals surface area (Å²) in [6.45, 7) is 4.93. The summed E-state index contributed by atoms with van der Waals surface area (Å²) in [5.74, 6) is 1.48. The summed E-state index contributed by atoms with van der Waals surface area (Å²) in [5, 5.41) is 6.88. The Morgan fingerprint density at radius 1 is 1.00 bits per heavy atom. The first kappa shape index (κ1) is 19.7.